The molecule has 4 aromatic heterocycles. The van der Waals surface area contributed by atoms with Crippen LogP contribution in [-0.4, -0.2) is 61.7 Å². The van der Waals surface area contributed by atoms with Crippen LogP contribution in [0.15, 0.2) is 55.4 Å². The van der Waals surface area contributed by atoms with Crippen LogP contribution in [0.2, 0.25) is 0 Å². The first kappa shape index (κ1) is 21.0. The van der Waals surface area contributed by atoms with Crippen LogP contribution < -0.4 is 10.6 Å². The number of amides is 1. The smallest absolute Gasteiger partial charge is 0.258 e. The van der Waals surface area contributed by atoms with E-state index in [9.17, 15) is 4.79 Å². The van der Waals surface area contributed by atoms with Crippen LogP contribution >= 0.6 is 0 Å². The second-order valence-corrected chi connectivity index (χ2v) is 8.53. The van der Waals surface area contributed by atoms with Crippen LogP contribution in [0.3, 0.4) is 0 Å². The third-order valence-electron chi connectivity index (χ3n) is 5.94. The Labute approximate surface area is 191 Å². The maximum atomic E-state index is 12.9. The van der Waals surface area contributed by atoms with Crippen molar-refractivity contribution in [2.45, 2.75) is 18.9 Å². The van der Waals surface area contributed by atoms with Gasteiger partial charge in [0, 0.05) is 54.4 Å². The molecule has 0 radical (unpaired) electrons. The number of pyridine rings is 3. The molecule has 1 aliphatic heterocycles. The highest BCUT2D eigenvalue weighted by atomic mass is 16.1. The Morgan fingerprint density at radius 2 is 1.82 bits per heavy atom. The fourth-order valence-electron chi connectivity index (χ4n) is 4.05. The van der Waals surface area contributed by atoms with Gasteiger partial charge in [0.15, 0.2) is 0 Å². The molecule has 0 unspecified atom stereocenters. The van der Waals surface area contributed by atoms with Gasteiger partial charge >= 0.3 is 0 Å². The number of fused-ring (bicyclic) bond motifs is 1. The van der Waals surface area contributed by atoms with Gasteiger partial charge in [0.25, 0.3) is 5.91 Å². The average molecular weight is 443 g/mol. The third-order valence-corrected chi connectivity index (χ3v) is 5.94. The van der Waals surface area contributed by atoms with Crippen LogP contribution in [0.5, 0.6) is 0 Å². The molecule has 1 amide bonds. The molecule has 33 heavy (non-hydrogen) atoms. The van der Waals surface area contributed by atoms with Gasteiger partial charge in [-0.1, -0.05) is 0 Å². The first-order chi connectivity index (χ1) is 16.0. The Morgan fingerprint density at radius 1 is 0.970 bits per heavy atom. The molecule has 1 aliphatic rings. The monoisotopic (exact) mass is 442 g/mol. The summed E-state index contributed by atoms with van der Waals surface area (Å²) in [6, 6.07) is 6.08. The van der Waals surface area contributed by atoms with Crippen molar-refractivity contribution in [2.75, 3.05) is 30.8 Å². The molecule has 0 saturated carbocycles. The normalized spacial score (nSPS) is 15.0. The van der Waals surface area contributed by atoms with Gasteiger partial charge in [-0.25, -0.2) is 4.98 Å². The summed E-state index contributed by atoms with van der Waals surface area (Å²) in [5.74, 6) is 0.212. The van der Waals surface area contributed by atoms with Crippen molar-refractivity contribution < 1.29 is 4.79 Å². The van der Waals surface area contributed by atoms with Gasteiger partial charge in [-0.2, -0.15) is 5.10 Å². The van der Waals surface area contributed by atoms with Crippen molar-refractivity contribution >= 4 is 28.3 Å². The number of carbonyl (C=O) groups excluding carboxylic acids is 1. The molecule has 0 aliphatic carbocycles. The van der Waals surface area contributed by atoms with E-state index in [1.165, 1.54) is 0 Å². The zero-order valence-electron chi connectivity index (χ0n) is 18.7. The first-order valence-corrected chi connectivity index (χ1v) is 11.0. The number of nitrogens with one attached hydrogen (secondary N) is 2. The van der Waals surface area contributed by atoms with Crippen LogP contribution in [0, 0.1) is 0 Å². The Kier molecular flexibility index (Phi) is 5.70. The van der Waals surface area contributed by atoms with Crippen LogP contribution in [-0.2, 0) is 7.05 Å². The summed E-state index contributed by atoms with van der Waals surface area (Å²) in [6.07, 6.45) is 12.7. The number of nitrogens with zero attached hydrogens (tertiary/aromatic N) is 6. The Morgan fingerprint density at radius 3 is 2.61 bits per heavy atom. The molecule has 2 N–H and O–H groups in total. The van der Waals surface area contributed by atoms with Crippen molar-refractivity contribution in [3.05, 3.63) is 60.9 Å². The lowest BCUT2D eigenvalue weighted by atomic mass is 10.1. The topological polar surface area (TPSA) is 101 Å². The molecule has 5 rings (SSSR count). The zero-order chi connectivity index (χ0) is 22.8. The van der Waals surface area contributed by atoms with Gasteiger partial charge in [0.2, 0.25) is 0 Å². The standard InChI is InChI=1S/C24H26N8O/c1-31-5-3-20(4-6-31)29-21-8-18(10-25-13-21)24(33)30-23-9-16-7-17(11-26-22(16)14-27-23)19-12-28-32(2)15-19/h7-15,20,29H,3-6H2,1-2H3,(H,27,30,33). The second kappa shape index (κ2) is 8.95. The van der Waals surface area contributed by atoms with Gasteiger partial charge in [0.1, 0.15) is 5.82 Å². The number of rotatable bonds is 5. The number of carbonyl (C=O) groups is 1. The quantitative estimate of drug-likeness (QED) is 0.489. The molecule has 1 saturated heterocycles. The average Bonchev–Trinajstić information content (AvgIpc) is 3.26. The van der Waals surface area contributed by atoms with Crippen LogP contribution in [0.25, 0.3) is 22.0 Å². The van der Waals surface area contributed by atoms with E-state index >= 15 is 0 Å². The fraction of sp³-hybridized carbons (Fsp3) is 0.292. The molecule has 5 heterocycles. The summed E-state index contributed by atoms with van der Waals surface area (Å²) in [4.78, 5) is 28.3. The molecule has 9 heteroatoms. The summed E-state index contributed by atoms with van der Waals surface area (Å²) in [6.45, 7) is 2.13. The third kappa shape index (κ3) is 4.83. The molecule has 168 valence electrons. The van der Waals surface area contributed by atoms with E-state index in [0.717, 1.165) is 53.6 Å². The van der Waals surface area contributed by atoms with Crippen molar-refractivity contribution in [3.8, 4) is 11.1 Å². The minimum atomic E-state index is -0.252. The number of piperidine rings is 1. The molecule has 0 spiro atoms. The summed E-state index contributed by atoms with van der Waals surface area (Å²) in [7, 11) is 4.02. The molecule has 4 aromatic rings. The van der Waals surface area contributed by atoms with Gasteiger partial charge in [-0.3, -0.25) is 19.4 Å². The molecule has 0 atom stereocenters. The van der Waals surface area contributed by atoms with Crippen LogP contribution in [0.4, 0.5) is 11.5 Å². The Bertz CT molecular complexity index is 1290. The molecular weight excluding hydrogens is 416 g/mol. The lowest BCUT2D eigenvalue weighted by Crippen LogP contribution is -2.36. The highest BCUT2D eigenvalue weighted by Crippen LogP contribution is 2.24. The van der Waals surface area contributed by atoms with E-state index in [4.69, 9.17) is 0 Å². The van der Waals surface area contributed by atoms with Crippen molar-refractivity contribution in [3.63, 3.8) is 0 Å². The SMILES string of the molecule is CN1CCC(Nc2cncc(C(=O)Nc3cc4cc(-c5cnn(C)c5)cnc4cn3)c2)CC1. The van der Waals surface area contributed by atoms with E-state index in [0.29, 0.717) is 17.4 Å². The number of hydrogen-bond donors (Lipinski definition) is 2. The first-order valence-electron chi connectivity index (χ1n) is 11.0. The number of aromatic nitrogens is 5. The Hall–Kier alpha value is -3.85. The lowest BCUT2D eigenvalue weighted by Gasteiger charge is -2.30. The summed E-state index contributed by atoms with van der Waals surface area (Å²) < 4.78 is 1.75. The number of aryl methyl sites for hydroxylation is 1. The molecule has 1 fully saturated rings. The van der Waals surface area contributed by atoms with E-state index < -0.39 is 0 Å². The summed E-state index contributed by atoms with van der Waals surface area (Å²) >= 11 is 0. The number of likely N-dealkylation sites (tertiary alicyclic amines) is 1. The maximum Gasteiger partial charge on any atom is 0.258 e. The minimum absolute atomic E-state index is 0.252. The molecule has 0 aromatic carbocycles. The number of anilines is 2. The van der Waals surface area contributed by atoms with E-state index in [-0.39, 0.29) is 5.91 Å². The fourth-order valence-corrected chi connectivity index (χ4v) is 4.05. The van der Waals surface area contributed by atoms with Gasteiger partial charge in [-0.15, -0.1) is 0 Å². The van der Waals surface area contributed by atoms with Crippen LogP contribution in [0.1, 0.15) is 23.2 Å². The zero-order valence-corrected chi connectivity index (χ0v) is 18.7. The van der Waals surface area contributed by atoms with Crippen molar-refractivity contribution in [2.24, 2.45) is 7.05 Å². The predicted octanol–water partition coefficient (Wildman–Crippen LogP) is 3.18. The minimum Gasteiger partial charge on any atom is -0.381 e. The largest absolute Gasteiger partial charge is 0.381 e. The summed E-state index contributed by atoms with van der Waals surface area (Å²) in [5, 5.41) is 11.5. The van der Waals surface area contributed by atoms with E-state index in [2.05, 4.69) is 42.6 Å². The predicted molar refractivity (Wildman–Crippen MR) is 128 cm³/mol. The van der Waals surface area contributed by atoms with Gasteiger partial charge in [-0.05, 0) is 51.2 Å². The highest BCUT2D eigenvalue weighted by Gasteiger charge is 2.17. The maximum absolute atomic E-state index is 12.9. The van der Waals surface area contributed by atoms with E-state index in [1.807, 2.05) is 31.4 Å². The van der Waals surface area contributed by atoms with E-state index in [1.54, 1.807) is 35.7 Å². The molecule has 9 nitrogen and oxygen atoms in total. The van der Waals surface area contributed by atoms with Crippen molar-refractivity contribution in [1.82, 2.24) is 29.6 Å². The number of hydrogen-bond acceptors (Lipinski definition) is 7. The molecule has 0 bridgehead atoms. The van der Waals surface area contributed by atoms with Gasteiger partial charge in [0.05, 0.1) is 29.2 Å². The Balaban J connectivity index is 1.31. The summed E-state index contributed by atoms with van der Waals surface area (Å²) in [5.41, 5.74) is 4.03. The van der Waals surface area contributed by atoms with Crippen molar-refractivity contribution in [1.29, 1.82) is 0 Å². The van der Waals surface area contributed by atoms with Gasteiger partial charge < -0.3 is 15.5 Å². The molecular formula is C24H26N8O. The highest BCUT2D eigenvalue weighted by molar-refractivity contribution is 6.04. The second-order valence-electron chi connectivity index (χ2n) is 8.53. The lowest BCUT2D eigenvalue weighted by molar-refractivity contribution is 0.102.